The fraction of sp³-hybridized carbons (Fsp3) is 0.222. The van der Waals surface area contributed by atoms with Gasteiger partial charge in [0.25, 0.3) is 0 Å². The molecule has 8 heteroatoms. The van der Waals surface area contributed by atoms with E-state index >= 15 is 0 Å². The van der Waals surface area contributed by atoms with Gasteiger partial charge < -0.3 is 4.74 Å². The lowest BCUT2D eigenvalue weighted by atomic mass is 9.91. The third-order valence-corrected chi connectivity index (χ3v) is 6.11. The number of methoxy groups -OCH3 is 1. The molecule has 4 rings (SSSR count). The van der Waals surface area contributed by atoms with Gasteiger partial charge in [-0.1, -0.05) is 66.7 Å². The number of hydrazone groups is 1. The molecule has 0 spiro atoms. The summed E-state index contributed by atoms with van der Waals surface area (Å²) in [5.74, 6) is 1.17. The molecule has 1 aliphatic heterocycles. The van der Waals surface area contributed by atoms with Gasteiger partial charge in [-0.3, -0.25) is 4.57 Å². The SMILES string of the molecule is C=C(/C=C\C=C/C)[C@H]1CN(c2nn(Cc3ccc(OC)cc3)c(=O)n2C)N=C1c1ccc(Cl)cc1. The standard InChI is InChI=1S/C27H28ClN5O2/c1-5-6-7-8-19(2)24-18-32(29-25(24)21-11-13-22(28)14-12-21)26-30-33(27(34)31(26)3)17-20-9-15-23(35-4)16-10-20/h5-16,24H,2,17-18H2,1,3-4H3/b6-5-,8-7-/t24-/m1/s1. The van der Waals surface area contributed by atoms with Gasteiger partial charge in [-0.25, -0.2) is 14.5 Å². The van der Waals surface area contributed by atoms with Crippen LogP contribution >= 0.6 is 11.6 Å². The summed E-state index contributed by atoms with van der Waals surface area (Å²) in [5.41, 5.74) is 3.46. The van der Waals surface area contributed by atoms with Gasteiger partial charge in [-0.05, 0) is 47.9 Å². The van der Waals surface area contributed by atoms with Crippen molar-refractivity contribution in [3.05, 3.63) is 112 Å². The predicted octanol–water partition coefficient (Wildman–Crippen LogP) is 4.82. The molecule has 0 saturated heterocycles. The van der Waals surface area contributed by atoms with E-state index in [1.54, 1.807) is 19.2 Å². The van der Waals surface area contributed by atoms with E-state index in [4.69, 9.17) is 21.4 Å². The maximum absolute atomic E-state index is 13.0. The predicted molar refractivity (Wildman–Crippen MR) is 141 cm³/mol. The Balaban J connectivity index is 1.66. The summed E-state index contributed by atoms with van der Waals surface area (Å²) in [6.07, 6.45) is 7.87. The maximum atomic E-state index is 13.0. The van der Waals surface area contributed by atoms with Crippen LogP contribution in [0.4, 0.5) is 5.95 Å². The molecule has 0 saturated carbocycles. The van der Waals surface area contributed by atoms with E-state index in [9.17, 15) is 4.79 Å². The fourth-order valence-electron chi connectivity index (χ4n) is 3.91. The third-order valence-electron chi connectivity index (χ3n) is 5.86. The van der Waals surface area contributed by atoms with Crippen molar-refractivity contribution in [2.45, 2.75) is 13.5 Å². The smallest absolute Gasteiger partial charge is 0.347 e. The Morgan fingerprint density at radius 3 is 2.54 bits per heavy atom. The lowest BCUT2D eigenvalue weighted by molar-refractivity contribution is 0.414. The van der Waals surface area contributed by atoms with Crippen LogP contribution in [0.5, 0.6) is 5.75 Å². The molecule has 7 nitrogen and oxygen atoms in total. The molecule has 1 aliphatic rings. The highest BCUT2D eigenvalue weighted by molar-refractivity contribution is 6.30. The van der Waals surface area contributed by atoms with Crippen LogP contribution < -0.4 is 15.4 Å². The summed E-state index contributed by atoms with van der Waals surface area (Å²) in [6, 6.07) is 15.2. The summed E-state index contributed by atoms with van der Waals surface area (Å²) >= 11 is 6.11. The Bertz CT molecular complexity index is 1350. The molecular weight excluding hydrogens is 462 g/mol. The number of halogens is 1. The molecule has 1 aromatic heterocycles. The molecule has 0 N–H and O–H groups in total. The van der Waals surface area contributed by atoms with Crippen molar-refractivity contribution < 1.29 is 4.74 Å². The van der Waals surface area contributed by atoms with Crippen molar-refractivity contribution in [2.24, 2.45) is 18.1 Å². The number of hydrogen-bond donors (Lipinski definition) is 0. The Kier molecular flexibility index (Phi) is 7.36. The first-order chi connectivity index (χ1) is 16.9. The maximum Gasteiger partial charge on any atom is 0.347 e. The lowest BCUT2D eigenvalue weighted by Gasteiger charge is -2.15. The van der Waals surface area contributed by atoms with Gasteiger partial charge in [0.1, 0.15) is 5.75 Å². The molecule has 2 heterocycles. The molecule has 3 aromatic rings. The van der Waals surface area contributed by atoms with Crippen LogP contribution in [-0.2, 0) is 13.6 Å². The summed E-state index contributed by atoms with van der Waals surface area (Å²) in [6.45, 7) is 7.12. The zero-order valence-corrected chi connectivity index (χ0v) is 20.8. The van der Waals surface area contributed by atoms with Gasteiger partial charge in [0, 0.05) is 18.0 Å². The number of benzene rings is 2. The first kappa shape index (κ1) is 24.3. The number of allylic oxidation sites excluding steroid dienone is 4. The zero-order chi connectivity index (χ0) is 24.9. The van der Waals surface area contributed by atoms with E-state index in [-0.39, 0.29) is 11.6 Å². The molecule has 0 radical (unpaired) electrons. The lowest BCUT2D eigenvalue weighted by Crippen LogP contribution is -2.25. The third kappa shape index (κ3) is 5.30. The van der Waals surface area contributed by atoms with Crippen LogP contribution in [0.25, 0.3) is 0 Å². The minimum absolute atomic E-state index is 0.0699. The quantitative estimate of drug-likeness (QED) is 0.425. The van der Waals surface area contributed by atoms with Crippen molar-refractivity contribution >= 4 is 23.3 Å². The molecule has 0 unspecified atom stereocenters. The van der Waals surface area contributed by atoms with Crippen LogP contribution in [-0.4, -0.2) is 33.7 Å². The van der Waals surface area contributed by atoms with Crippen LogP contribution in [0, 0.1) is 5.92 Å². The van der Waals surface area contributed by atoms with E-state index < -0.39 is 0 Å². The first-order valence-corrected chi connectivity index (χ1v) is 11.7. The van der Waals surface area contributed by atoms with Crippen molar-refractivity contribution in [1.29, 1.82) is 0 Å². The van der Waals surface area contributed by atoms with Crippen molar-refractivity contribution in [2.75, 3.05) is 18.7 Å². The van der Waals surface area contributed by atoms with E-state index in [2.05, 4.69) is 11.7 Å². The molecule has 1 atom stereocenters. The Morgan fingerprint density at radius 2 is 1.89 bits per heavy atom. The largest absolute Gasteiger partial charge is 0.497 e. The summed E-state index contributed by atoms with van der Waals surface area (Å²) in [5, 5.41) is 11.9. The van der Waals surface area contributed by atoms with Crippen molar-refractivity contribution in [1.82, 2.24) is 14.3 Å². The normalized spacial score (nSPS) is 15.8. The van der Waals surface area contributed by atoms with Gasteiger partial charge in [-0.15, -0.1) is 5.10 Å². The Morgan fingerprint density at radius 1 is 1.17 bits per heavy atom. The molecule has 0 bridgehead atoms. The van der Waals surface area contributed by atoms with Gasteiger partial charge in [0.05, 0.1) is 25.9 Å². The molecule has 2 aromatic carbocycles. The highest BCUT2D eigenvalue weighted by atomic mass is 35.5. The number of aromatic nitrogens is 3. The van der Waals surface area contributed by atoms with Crippen molar-refractivity contribution in [3.8, 4) is 5.75 Å². The fourth-order valence-corrected chi connectivity index (χ4v) is 4.04. The van der Waals surface area contributed by atoms with Crippen LogP contribution in [0.3, 0.4) is 0 Å². The van der Waals surface area contributed by atoms with E-state index in [1.807, 2.05) is 79.8 Å². The monoisotopic (exact) mass is 489 g/mol. The number of nitrogens with zero attached hydrogens (tertiary/aromatic N) is 5. The summed E-state index contributed by atoms with van der Waals surface area (Å²) < 4.78 is 8.18. The number of anilines is 1. The average Bonchev–Trinajstić information content (AvgIpc) is 3.42. The second kappa shape index (κ2) is 10.6. The van der Waals surface area contributed by atoms with Gasteiger partial charge in [0.15, 0.2) is 0 Å². The molecule has 35 heavy (non-hydrogen) atoms. The first-order valence-electron chi connectivity index (χ1n) is 11.3. The highest BCUT2D eigenvalue weighted by Crippen LogP contribution is 2.29. The van der Waals surface area contributed by atoms with Gasteiger partial charge in [0.2, 0.25) is 5.95 Å². The molecular formula is C27H28ClN5O2. The molecule has 0 fully saturated rings. The Labute approximate surface area is 209 Å². The minimum atomic E-state index is -0.214. The zero-order valence-electron chi connectivity index (χ0n) is 20.1. The Hall–Kier alpha value is -3.84. The highest BCUT2D eigenvalue weighted by Gasteiger charge is 2.32. The summed E-state index contributed by atoms with van der Waals surface area (Å²) in [4.78, 5) is 13.0. The van der Waals surface area contributed by atoms with Crippen LogP contribution in [0.2, 0.25) is 5.02 Å². The van der Waals surface area contributed by atoms with E-state index in [0.717, 1.165) is 28.2 Å². The number of ether oxygens (including phenoxy) is 1. The number of hydrogen-bond acceptors (Lipinski definition) is 5. The van der Waals surface area contributed by atoms with Crippen molar-refractivity contribution in [3.63, 3.8) is 0 Å². The molecule has 180 valence electrons. The number of rotatable bonds is 8. The van der Waals surface area contributed by atoms with Crippen LogP contribution in [0.1, 0.15) is 18.1 Å². The van der Waals surface area contributed by atoms with E-state index in [1.165, 1.54) is 9.25 Å². The second-order valence-electron chi connectivity index (χ2n) is 8.23. The van der Waals surface area contributed by atoms with Gasteiger partial charge >= 0.3 is 5.69 Å². The second-order valence-corrected chi connectivity index (χ2v) is 8.67. The van der Waals surface area contributed by atoms with Gasteiger partial charge in [-0.2, -0.15) is 5.10 Å². The minimum Gasteiger partial charge on any atom is -0.497 e. The topological polar surface area (TPSA) is 64.7 Å². The summed E-state index contributed by atoms with van der Waals surface area (Å²) in [7, 11) is 3.33. The average molecular weight is 490 g/mol. The molecule has 0 amide bonds. The van der Waals surface area contributed by atoms with Crippen LogP contribution in [0.15, 0.2) is 94.9 Å². The molecule has 0 aliphatic carbocycles. The van der Waals surface area contributed by atoms with E-state index in [0.29, 0.717) is 24.1 Å².